The monoisotopic (exact) mass is 588 g/mol. The first-order valence-electron chi connectivity index (χ1n) is 13.2. The largest absolute Gasteiger partial charge is 0.490 e. The summed E-state index contributed by atoms with van der Waals surface area (Å²) >= 11 is 0. The van der Waals surface area contributed by atoms with Crippen LogP contribution in [-0.2, 0) is 26.9 Å². The van der Waals surface area contributed by atoms with Crippen LogP contribution in [0.15, 0.2) is 58.4 Å². The van der Waals surface area contributed by atoms with E-state index < -0.39 is 19.9 Å². The van der Waals surface area contributed by atoms with Gasteiger partial charge in [-0.25, -0.2) is 21.6 Å². The zero-order valence-electron chi connectivity index (χ0n) is 23.4. The fourth-order valence-electron chi connectivity index (χ4n) is 4.93. The minimum Gasteiger partial charge on any atom is -0.490 e. The van der Waals surface area contributed by atoms with Crippen molar-refractivity contribution in [3.8, 4) is 28.4 Å². The quantitative estimate of drug-likeness (QED) is 0.391. The first-order chi connectivity index (χ1) is 18.8. The molecule has 0 aliphatic heterocycles. The number of sulfonamides is 1. The molecule has 0 amide bonds. The van der Waals surface area contributed by atoms with E-state index in [0.29, 0.717) is 54.1 Å². The normalized spacial score (nSPS) is 17.9. The molecule has 1 aliphatic rings. The molecule has 1 saturated carbocycles. The van der Waals surface area contributed by atoms with Gasteiger partial charge >= 0.3 is 0 Å². The van der Waals surface area contributed by atoms with E-state index in [1.165, 1.54) is 16.7 Å². The summed E-state index contributed by atoms with van der Waals surface area (Å²) in [4.78, 5) is 12.8. The molecule has 1 fully saturated rings. The van der Waals surface area contributed by atoms with Crippen LogP contribution in [0.2, 0.25) is 0 Å². The van der Waals surface area contributed by atoms with Gasteiger partial charge in [-0.15, -0.1) is 0 Å². The molecule has 1 N–H and O–H groups in total. The number of para-hydroxylation sites is 1. The van der Waals surface area contributed by atoms with E-state index in [9.17, 15) is 21.6 Å². The molecule has 11 heteroatoms. The summed E-state index contributed by atoms with van der Waals surface area (Å²) in [6.07, 6.45) is 4.92. The van der Waals surface area contributed by atoms with Crippen molar-refractivity contribution in [1.29, 1.82) is 0 Å². The smallest absolute Gasteiger partial charge is 0.254 e. The molecule has 0 spiro atoms. The Morgan fingerprint density at radius 1 is 0.925 bits per heavy atom. The average molecular weight is 589 g/mol. The van der Waals surface area contributed by atoms with Crippen molar-refractivity contribution in [1.82, 2.24) is 9.29 Å². The number of hydrogen-bond acceptors (Lipinski definition) is 7. The van der Waals surface area contributed by atoms with Crippen LogP contribution < -0.4 is 19.8 Å². The van der Waals surface area contributed by atoms with Gasteiger partial charge in [-0.05, 0) is 68.9 Å². The number of pyridine rings is 1. The molecule has 0 unspecified atom stereocenters. The second kappa shape index (κ2) is 11.8. The Labute approximate surface area is 236 Å². The van der Waals surface area contributed by atoms with Crippen molar-refractivity contribution in [2.24, 2.45) is 7.05 Å². The summed E-state index contributed by atoms with van der Waals surface area (Å²) in [5.74, 6) is 1.35. The number of benzene rings is 2. The maximum Gasteiger partial charge on any atom is 0.254 e. The second-order valence-corrected chi connectivity index (χ2v) is 14.4. The number of aromatic nitrogens is 1. The van der Waals surface area contributed by atoms with Crippen molar-refractivity contribution in [3.63, 3.8) is 0 Å². The van der Waals surface area contributed by atoms with Gasteiger partial charge in [0.05, 0.1) is 23.0 Å². The standard InChI is InChI=1S/C29H36N2O7S2/c1-6-40(35,36)23-14-15-26(38-29-19(2)8-7-9-20(29)3)24(16-23)25-18-31(4)28(32)17-27(25)37-22-12-10-21(11-13-22)30-39(5,33)34/h7-9,14-18,21-22,30H,6,10-13H2,1-5H3/t21-,22-. The lowest BCUT2D eigenvalue weighted by Crippen LogP contribution is -2.39. The number of aryl methyl sites for hydroxylation is 3. The lowest BCUT2D eigenvalue weighted by atomic mass is 9.93. The molecule has 0 radical (unpaired) electrons. The lowest BCUT2D eigenvalue weighted by Gasteiger charge is -2.29. The molecule has 9 nitrogen and oxygen atoms in total. The fraction of sp³-hybridized carbons (Fsp3) is 0.414. The van der Waals surface area contributed by atoms with Crippen molar-refractivity contribution >= 4 is 19.9 Å². The molecule has 0 atom stereocenters. The summed E-state index contributed by atoms with van der Waals surface area (Å²) in [6, 6.07) is 11.8. The van der Waals surface area contributed by atoms with Crippen LogP contribution in [0.25, 0.3) is 11.1 Å². The summed E-state index contributed by atoms with van der Waals surface area (Å²) in [5.41, 5.74) is 2.57. The van der Waals surface area contributed by atoms with E-state index in [-0.39, 0.29) is 28.4 Å². The highest BCUT2D eigenvalue weighted by molar-refractivity contribution is 7.91. The van der Waals surface area contributed by atoms with Crippen molar-refractivity contribution in [2.75, 3.05) is 12.0 Å². The number of rotatable bonds is 9. The Hall–Kier alpha value is -3.15. The van der Waals surface area contributed by atoms with Gasteiger partial charge in [0.25, 0.3) is 5.56 Å². The Morgan fingerprint density at radius 2 is 1.57 bits per heavy atom. The lowest BCUT2D eigenvalue weighted by molar-refractivity contribution is 0.144. The van der Waals surface area contributed by atoms with Gasteiger partial charge in [0.2, 0.25) is 10.0 Å². The third-order valence-electron chi connectivity index (χ3n) is 7.14. The minimum atomic E-state index is -3.54. The van der Waals surface area contributed by atoms with Gasteiger partial charge in [-0.3, -0.25) is 4.79 Å². The number of ether oxygens (including phenoxy) is 2. The minimum absolute atomic E-state index is 0.0645. The SMILES string of the molecule is CCS(=O)(=O)c1ccc(Oc2c(C)cccc2C)c(-c2cn(C)c(=O)cc2O[C@H]2CC[C@H](NS(C)(=O)=O)CC2)c1. The van der Waals surface area contributed by atoms with E-state index in [2.05, 4.69) is 4.72 Å². The van der Waals surface area contributed by atoms with E-state index in [4.69, 9.17) is 9.47 Å². The molecule has 0 bridgehead atoms. The summed E-state index contributed by atoms with van der Waals surface area (Å²) in [7, 11) is -5.22. The molecule has 1 aromatic heterocycles. The molecule has 216 valence electrons. The first kappa shape index (κ1) is 29.8. The van der Waals surface area contributed by atoms with Gasteiger partial charge in [0, 0.05) is 36.5 Å². The molecule has 0 saturated heterocycles. The van der Waals surface area contributed by atoms with Crippen molar-refractivity contribution < 1.29 is 26.3 Å². The zero-order valence-corrected chi connectivity index (χ0v) is 25.1. The highest BCUT2D eigenvalue weighted by Crippen LogP contribution is 2.41. The van der Waals surface area contributed by atoms with Crippen LogP contribution in [0.1, 0.15) is 43.7 Å². The van der Waals surface area contributed by atoms with Crippen LogP contribution in [0, 0.1) is 13.8 Å². The molecular formula is C29H36N2O7S2. The third-order valence-corrected chi connectivity index (χ3v) is 9.63. The van der Waals surface area contributed by atoms with Gasteiger partial charge in [0.1, 0.15) is 17.2 Å². The van der Waals surface area contributed by atoms with Crippen LogP contribution in [0.3, 0.4) is 0 Å². The highest BCUT2D eigenvalue weighted by atomic mass is 32.2. The Kier molecular flexibility index (Phi) is 8.77. The molecule has 40 heavy (non-hydrogen) atoms. The summed E-state index contributed by atoms with van der Waals surface area (Å²) in [5, 5.41) is 0. The third kappa shape index (κ3) is 6.94. The van der Waals surface area contributed by atoms with Gasteiger partial charge in [-0.2, -0.15) is 0 Å². The molecule has 1 aliphatic carbocycles. The second-order valence-electron chi connectivity index (χ2n) is 10.4. The summed E-state index contributed by atoms with van der Waals surface area (Å²) in [6.45, 7) is 5.47. The number of nitrogens with zero attached hydrogens (tertiary/aromatic N) is 1. The van der Waals surface area contributed by atoms with E-state index >= 15 is 0 Å². The maximum absolute atomic E-state index is 12.8. The molecular weight excluding hydrogens is 552 g/mol. The van der Waals surface area contributed by atoms with E-state index in [0.717, 1.165) is 17.4 Å². The highest BCUT2D eigenvalue weighted by Gasteiger charge is 2.27. The number of nitrogens with one attached hydrogen (secondary N) is 1. The van der Waals surface area contributed by atoms with Crippen LogP contribution in [0.5, 0.6) is 17.2 Å². The van der Waals surface area contributed by atoms with E-state index in [1.807, 2.05) is 32.0 Å². The Bertz CT molecular complexity index is 1650. The van der Waals surface area contributed by atoms with E-state index in [1.54, 1.807) is 32.3 Å². The topological polar surface area (TPSA) is 121 Å². The number of sulfone groups is 1. The van der Waals surface area contributed by atoms with Gasteiger partial charge in [0.15, 0.2) is 9.84 Å². The summed E-state index contributed by atoms with van der Waals surface area (Å²) < 4.78 is 65.8. The molecule has 3 aromatic rings. The Morgan fingerprint density at radius 3 is 2.17 bits per heavy atom. The zero-order chi connectivity index (χ0) is 29.2. The fourth-order valence-corrected chi connectivity index (χ4v) is 6.68. The van der Waals surface area contributed by atoms with Crippen molar-refractivity contribution in [2.45, 2.75) is 63.5 Å². The molecule has 4 rings (SSSR count). The predicted octanol–water partition coefficient (Wildman–Crippen LogP) is 4.49. The first-order valence-corrected chi connectivity index (χ1v) is 16.8. The average Bonchev–Trinajstić information content (AvgIpc) is 2.88. The van der Waals surface area contributed by atoms with Crippen LogP contribution >= 0.6 is 0 Å². The van der Waals surface area contributed by atoms with Crippen LogP contribution in [0.4, 0.5) is 0 Å². The van der Waals surface area contributed by atoms with Gasteiger partial charge < -0.3 is 14.0 Å². The predicted molar refractivity (Wildman–Crippen MR) is 155 cm³/mol. The van der Waals surface area contributed by atoms with Crippen molar-refractivity contribution in [3.05, 3.63) is 70.1 Å². The molecule has 2 aromatic carbocycles. The van der Waals surface area contributed by atoms with Gasteiger partial charge in [-0.1, -0.05) is 25.1 Å². The van der Waals surface area contributed by atoms with Crippen LogP contribution in [-0.4, -0.2) is 45.6 Å². The number of hydrogen-bond donors (Lipinski definition) is 1. The maximum atomic E-state index is 12.8. The Balaban J connectivity index is 1.78. The molecule has 1 heterocycles.